The number of imide groups is 2. The first-order chi connectivity index (χ1) is 27.0. The Kier molecular flexibility index (Phi) is 10.7. The molecule has 0 aromatic heterocycles. The molecule has 0 unspecified atom stereocenters. The summed E-state index contributed by atoms with van der Waals surface area (Å²) >= 11 is 9.61. The van der Waals surface area contributed by atoms with Crippen LogP contribution in [0.1, 0.15) is 104 Å². The summed E-state index contributed by atoms with van der Waals surface area (Å²) in [6, 6.07) is 25.3. The molecule has 5 aromatic carbocycles. The summed E-state index contributed by atoms with van der Waals surface area (Å²) in [6.07, 6.45) is 0. The molecule has 0 atom stereocenters. The van der Waals surface area contributed by atoms with E-state index < -0.39 is 37.9 Å². The van der Waals surface area contributed by atoms with Gasteiger partial charge in [0, 0.05) is 45.2 Å². The lowest BCUT2D eigenvalue weighted by Crippen LogP contribution is -2.34. The number of fused-ring (bicyclic) bond motifs is 2. The Morgan fingerprint density at radius 3 is 1.12 bits per heavy atom. The van der Waals surface area contributed by atoms with Crippen LogP contribution in [0.25, 0.3) is 22.3 Å². The van der Waals surface area contributed by atoms with E-state index in [4.69, 9.17) is 24.1 Å². The maximum absolute atomic E-state index is 14.9. The fraction of sp³-hybridized carbons (Fsp3) is 0.261. The molecule has 7 rings (SSSR count). The third kappa shape index (κ3) is 7.91. The molecule has 4 N–H and O–H groups in total. The SMILES string of the molecule is CC(C)(C)Sc1c(SC(C)(C)C)c(N2C(=O)c3ccc(-c4ccc(N)cc4)cc3C2=O)c(SC(C)(C)C)c(S)c1N1C(=O)c2ccc(-c3ccc(N)cc3)cc2C1=O. The predicted octanol–water partition coefficient (Wildman–Crippen LogP) is 11.7. The Morgan fingerprint density at radius 2 is 0.741 bits per heavy atom. The first-order valence-electron chi connectivity index (χ1n) is 18.8. The van der Waals surface area contributed by atoms with Crippen molar-refractivity contribution in [2.24, 2.45) is 0 Å². The molecule has 2 aliphatic rings. The zero-order valence-corrected chi connectivity index (χ0v) is 37.3. The summed E-state index contributed by atoms with van der Waals surface area (Å²) in [5.41, 5.74) is 18.2. The van der Waals surface area contributed by atoms with Crippen molar-refractivity contribution >= 4 is 94.3 Å². The summed E-state index contributed by atoms with van der Waals surface area (Å²) in [4.78, 5) is 63.5. The Balaban J connectivity index is 1.48. The Labute approximate surface area is 358 Å². The van der Waals surface area contributed by atoms with Crippen molar-refractivity contribution in [1.29, 1.82) is 0 Å². The number of thiol groups is 1. The summed E-state index contributed by atoms with van der Waals surface area (Å²) in [5.74, 6) is -1.88. The van der Waals surface area contributed by atoms with Gasteiger partial charge in [-0.25, -0.2) is 9.80 Å². The van der Waals surface area contributed by atoms with Crippen LogP contribution in [0.2, 0.25) is 0 Å². The van der Waals surface area contributed by atoms with Gasteiger partial charge in [-0.15, -0.1) is 47.9 Å². The molecule has 0 radical (unpaired) electrons. The van der Waals surface area contributed by atoms with Crippen LogP contribution >= 0.6 is 47.9 Å². The van der Waals surface area contributed by atoms with Crippen LogP contribution in [0.3, 0.4) is 0 Å². The predicted molar refractivity (Wildman–Crippen MR) is 245 cm³/mol. The van der Waals surface area contributed by atoms with Crippen LogP contribution in [-0.4, -0.2) is 37.9 Å². The van der Waals surface area contributed by atoms with Gasteiger partial charge >= 0.3 is 0 Å². The van der Waals surface area contributed by atoms with Gasteiger partial charge in [0.2, 0.25) is 0 Å². The number of amides is 4. The molecule has 0 saturated heterocycles. The highest BCUT2D eigenvalue weighted by Crippen LogP contribution is 2.60. The third-order valence-corrected chi connectivity index (χ3v) is 13.6. The minimum absolute atomic E-state index is 0.273. The first-order valence-corrected chi connectivity index (χ1v) is 21.7. The molecule has 5 aromatic rings. The van der Waals surface area contributed by atoms with Crippen molar-refractivity contribution in [3.05, 3.63) is 107 Å². The van der Waals surface area contributed by atoms with Gasteiger partial charge < -0.3 is 11.5 Å². The fourth-order valence-corrected chi connectivity index (χ4v) is 11.0. The molecule has 0 bridgehead atoms. The van der Waals surface area contributed by atoms with Gasteiger partial charge in [-0.1, -0.05) is 98.7 Å². The molecule has 0 fully saturated rings. The van der Waals surface area contributed by atoms with E-state index in [1.165, 1.54) is 45.1 Å². The fourth-order valence-electron chi connectivity index (χ4n) is 6.86. The second-order valence-corrected chi connectivity index (χ2v) is 23.3. The highest BCUT2D eigenvalue weighted by Gasteiger charge is 2.46. The number of carbonyl (C=O) groups is 4. The molecule has 0 spiro atoms. The van der Waals surface area contributed by atoms with E-state index in [1.54, 1.807) is 48.5 Å². The van der Waals surface area contributed by atoms with E-state index in [1.807, 2.05) is 77.9 Å². The number of hydrogen-bond acceptors (Lipinski definition) is 10. The van der Waals surface area contributed by atoms with Crippen molar-refractivity contribution in [3.8, 4) is 22.3 Å². The van der Waals surface area contributed by atoms with Gasteiger partial charge in [-0.3, -0.25) is 19.2 Å². The maximum Gasteiger partial charge on any atom is 0.266 e. The molecule has 298 valence electrons. The summed E-state index contributed by atoms with van der Waals surface area (Å²) in [6.45, 7) is 18.4. The molecule has 12 heteroatoms. The van der Waals surface area contributed by atoms with Gasteiger partial charge in [-0.05, 0) is 70.8 Å². The number of benzene rings is 5. The minimum Gasteiger partial charge on any atom is -0.399 e. The molecule has 58 heavy (non-hydrogen) atoms. The van der Waals surface area contributed by atoms with Gasteiger partial charge in [-0.2, -0.15) is 0 Å². The molecule has 4 amide bonds. The number of nitrogens with two attached hydrogens (primary N) is 2. The molecular formula is C46H46N4O4S4. The largest absolute Gasteiger partial charge is 0.399 e. The third-order valence-electron chi connectivity index (χ3n) is 9.22. The van der Waals surface area contributed by atoms with Crippen molar-refractivity contribution in [2.45, 2.75) is 96.1 Å². The normalized spacial score (nSPS) is 14.4. The Bertz CT molecular complexity index is 2550. The van der Waals surface area contributed by atoms with Crippen LogP contribution in [-0.2, 0) is 0 Å². The van der Waals surface area contributed by atoms with E-state index >= 15 is 0 Å². The van der Waals surface area contributed by atoms with Crippen LogP contribution in [0.5, 0.6) is 0 Å². The standard InChI is InChI=1S/C46H46N4O4S4/c1-44(2,3)56-37-35(50-41(52)31-21-15-27(23-33(31)43(50)54)25-12-18-29(48)19-13-25)39(58-46(7,8)9)38(57-45(4,5)6)34(36(37)55)49-40(51)30-20-14-26(22-32(30)42(49)53)24-10-16-28(47)17-11-24/h10-23,55H,47-48H2,1-9H3. The highest BCUT2D eigenvalue weighted by atomic mass is 32.2. The Morgan fingerprint density at radius 1 is 0.431 bits per heavy atom. The minimum atomic E-state index is -0.481. The van der Waals surface area contributed by atoms with Gasteiger partial charge in [0.1, 0.15) is 0 Å². The smallest absolute Gasteiger partial charge is 0.266 e. The van der Waals surface area contributed by atoms with Gasteiger partial charge in [0.05, 0.1) is 33.6 Å². The van der Waals surface area contributed by atoms with Crippen LogP contribution in [0.15, 0.2) is 105 Å². The average molecular weight is 847 g/mol. The molecule has 2 aliphatic heterocycles. The van der Waals surface area contributed by atoms with Crippen LogP contribution in [0, 0.1) is 0 Å². The number of thioether (sulfide) groups is 3. The lowest BCUT2D eigenvalue weighted by Gasteiger charge is -2.35. The van der Waals surface area contributed by atoms with Crippen LogP contribution < -0.4 is 21.3 Å². The number of nitrogens with zero attached hydrogens (tertiary/aromatic N) is 2. The average Bonchev–Trinajstić information content (AvgIpc) is 3.52. The van der Waals surface area contributed by atoms with Crippen molar-refractivity contribution < 1.29 is 19.2 Å². The van der Waals surface area contributed by atoms with Crippen molar-refractivity contribution in [2.75, 3.05) is 21.3 Å². The lowest BCUT2D eigenvalue weighted by molar-refractivity contribution is 0.0906. The van der Waals surface area contributed by atoms with Crippen molar-refractivity contribution in [1.82, 2.24) is 0 Å². The summed E-state index contributed by atoms with van der Waals surface area (Å²) in [5, 5.41) is 0. The van der Waals surface area contributed by atoms with E-state index in [2.05, 4.69) is 20.8 Å². The number of rotatable bonds is 7. The van der Waals surface area contributed by atoms with Crippen molar-refractivity contribution in [3.63, 3.8) is 0 Å². The zero-order valence-electron chi connectivity index (χ0n) is 33.9. The van der Waals surface area contributed by atoms with Gasteiger partial charge in [0.25, 0.3) is 23.6 Å². The highest BCUT2D eigenvalue weighted by molar-refractivity contribution is 8.04. The Hall–Kier alpha value is -4.62. The summed E-state index contributed by atoms with van der Waals surface area (Å²) in [7, 11) is 0. The van der Waals surface area contributed by atoms with E-state index in [0.29, 0.717) is 42.3 Å². The second-order valence-electron chi connectivity index (χ2n) is 17.3. The van der Waals surface area contributed by atoms with Gasteiger partial charge in [0.15, 0.2) is 0 Å². The zero-order chi connectivity index (χ0) is 42.2. The molecule has 0 saturated carbocycles. The van der Waals surface area contributed by atoms with E-state index in [0.717, 1.165) is 22.3 Å². The quantitative estimate of drug-likeness (QED) is 0.0635. The topological polar surface area (TPSA) is 127 Å². The van der Waals surface area contributed by atoms with E-state index in [9.17, 15) is 19.2 Å². The molecule has 2 heterocycles. The first kappa shape index (κ1) is 41.5. The number of carbonyl (C=O) groups excluding carboxylic acids is 4. The monoisotopic (exact) mass is 846 g/mol. The molecule has 8 nitrogen and oxygen atoms in total. The maximum atomic E-state index is 14.9. The molecule has 0 aliphatic carbocycles. The van der Waals surface area contributed by atoms with Crippen LogP contribution in [0.4, 0.5) is 22.7 Å². The summed E-state index contributed by atoms with van der Waals surface area (Å²) < 4.78 is -1.35. The second kappa shape index (κ2) is 14.9. The molecular weight excluding hydrogens is 801 g/mol. The number of anilines is 4. The number of nitrogen functional groups attached to an aromatic ring is 2. The lowest BCUT2D eigenvalue weighted by atomic mass is 10.00. The number of hydrogen-bond donors (Lipinski definition) is 3. The van der Waals surface area contributed by atoms with E-state index in [-0.39, 0.29) is 22.3 Å².